The lowest BCUT2D eigenvalue weighted by molar-refractivity contribution is -0.139. The van der Waals surface area contributed by atoms with Gasteiger partial charge in [0.1, 0.15) is 29.0 Å². The lowest BCUT2D eigenvalue weighted by atomic mass is 9.93. The number of nitrogens with zero attached hydrogens (tertiary/aromatic N) is 2. The summed E-state index contributed by atoms with van der Waals surface area (Å²) in [6.07, 6.45) is 0.971. The number of hydrogen-bond donors (Lipinski definition) is 1. The van der Waals surface area contributed by atoms with Crippen LogP contribution in [0.3, 0.4) is 0 Å². The third-order valence-electron chi connectivity index (χ3n) is 6.09. The summed E-state index contributed by atoms with van der Waals surface area (Å²) in [5.74, 6) is 0.217. The standard InChI is InChI=1S/C24H26FN3O4S/c1-24(12-11-16-7-9-17(32-2)10-8-16)22(30)28(23(31)26-24)15-20(29)27-13-14-33-21(27)18-5-3-4-6-19(18)25/h3-10,21H,11-15H2,1-2H3,(H,26,31)/t21-,24-/m0/s1. The Kier molecular flexibility index (Phi) is 6.60. The van der Waals surface area contributed by atoms with Gasteiger partial charge in [-0.1, -0.05) is 30.3 Å². The van der Waals surface area contributed by atoms with Gasteiger partial charge in [-0.3, -0.25) is 14.5 Å². The van der Waals surface area contributed by atoms with Gasteiger partial charge in [0.2, 0.25) is 5.91 Å². The molecule has 174 valence electrons. The van der Waals surface area contributed by atoms with Crippen LogP contribution in [0.4, 0.5) is 9.18 Å². The number of amides is 4. The zero-order valence-corrected chi connectivity index (χ0v) is 19.4. The average Bonchev–Trinajstić information content (AvgIpc) is 3.38. The number of methoxy groups -OCH3 is 1. The fourth-order valence-corrected chi connectivity index (χ4v) is 5.43. The van der Waals surface area contributed by atoms with E-state index in [4.69, 9.17) is 4.74 Å². The smallest absolute Gasteiger partial charge is 0.325 e. The average molecular weight is 472 g/mol. The molecule has 2 aliphatic rings. The minimum absolute atomic E-state index is 0.367. The second-order valence-electron chi connectivity index (χ2n) is 8.33. The van der Waals surface area contributed by atoms with E-state index < -0.39 is 22.9 Å². The Morgan fingerprint density at radius 3 is 2.64 bits per heavy atom. The van der Waals surface area contributed by atoms with E-state index in [0.717, 1.165) is 16.2 Å². The van der Waals surface area contributed by atoms with Gasteiger partial charge in [-0.2, -0.15) is 0 Å². The molecule has 1 N–H and O–H groups in total. The number of halogens is 1. The van der Waals surface area contributed by atoms with Crippen LogP contribution in [-0.2, 0) is 16.0 Å². The monoisotopic (exact) mass is 471 g/mol. The molecule has 2 aromatic rings. The maximum atomic E-state index is 14.3. The summed E-state index contributed by atoms with van der Waals surface area (Å²) in [5, 5.41) is 2.28. The molecule has 0 radical (unpaired) electrons. The number of ether oxygens (including phenoxy) is 1. The third kappa shape index (κ3) is 4.68. The van der Waals surface area contributed by atoms with Crippen molar-refractivity contribution >= 4 is 29.6 Å². The van der Waals surface area contributed by atoms with E-state index in [-0.39, 0.29) is 18.3 Å². The zero-order valence-electron chi connectivity index (χ0n) is 18.5. The van der Waals surface area contributed by atoms with Gasteiger partial charge in [0.05, 0.1) is 7.11 Å². The molecule has 7 nitrogen and oxygen atoms in total. The largest absolute Gasteiger partial charge is 0.497 e. The number of hydrogen-bond acceptors (Lipinski definition) is 5. The second-order valence-corrected chi connectivity index (χ2v) is 9.52. The molecule has 2 aliphatic heterocycles. The van der Waals surface area contributed by atoms with Crippen molar-refractivity contribution < 1.29 is 23.5 Å². The van der Waals surface area contributed by atoms with E-state index in [9.17, 15) is 18.8 Å². The number of nitrogens with one attached hydrogen (secondary N) is 1. The number of rotatable bonds is 7. The van der Waals surface area contributed by atoms with E-state index in [0.29, 0.717) is 30.7 Å². The van der Waals surface area contributed by atoms with Gasteiger partial charge >= 0.3 is 6.03 Å². The predicted octanol–water partition coefficient (Wildman–Crippen LogP) is 3.35. The molecule has 4 rings (SSSR count). The Hall–Kier alpha value is -3.07. The molecule has 2 heterocycles. The molecule has 0 aliphatic carbocycles. The van der Waals surface area contributed by atoms with Gasteiger partial charge in [-0.15, -0.1) is 11.8 Å². The first-order valence-electron chi connectivity index (χ1n) is 10.7. The quantitative estimate of drug-likeness (QED) is 0.627. The van der Waals surface area contributed by atoms with E-state index in [1.165, 1.54) is 22.7 Å². The van der Waals surface area contributed by atoms with Crippen LogP contribution in [0.5, 0.6) is 5.75 Å². The number of benzene rings is 2. The molecular weight excluding hydrogens is 445 g/mol. The van der Waals surface area contributed by atoms with E-state index in [2.05, 4.69) is 5.32 Å². The molecule has 4 amide bonds. The lowest BCUT2D eigenvalue weighted by Gasteiger charge is -2.26. The highest BCUT2D eigenvalue weighted by atomic mass is 32.2. The highest BCUT2D eigenvalue weighted by Crippen LogP contribution is 2.39. The first-order chi connectivity index (χ1) is 15.8. The van der Waals surface area contributed by atoms with Crippen molar-refractivity contribution in [2.45, 2.75) is 30.7 Å². The number of aryl methyl sites for hydroxylation is 1. The summed E-state index contributed by atoms with van der Waals surface area (Å²) in [5.41, 5.74) is 0.340. The first-order valence-corrected chi connectivity index (χ1v) is 11.8. The van der Waals surface area contributed by atoms with Crippen LogP contribution >= 0.6 is 11.8 Å². The van der Waals surface area contributed by atoms with Crippen molar-refractivity contribution in [2.75, 3.05) is 26.0 Å². The summed E-state index contributed by atoms with van der Waals surface area (Å²) in [6, 6.07) is 13.3. The van der Waals surface area contributed by atoms with Crippen LogP contribution in [0, 0.1) is 5.82 Å². The Bertz CT molecular complexity index is 1060. The fraction of sp³-hybridized carbons (Fsp3) is 0.375. The number of urea groups is 1. The summed E-state index contributed by atoms with van der Waals surface area (Å²) < 4.78 is 19.4. The first kappa shape index (κ1) is 23.1. The number of imide groups is 1. The molecule has 0 spiro atoms. The van der Waals surface area contributed by atoms with Crippen molar-refractivity contribution in [2.24, 2.45) is 0 Å². The molecule has 0 bridgehead atoms. The SMILES string of the molecule is COc1ccc(CC[C@]2(C)NC(=O)N(CC(=O)N3CCS[C@H]3c3ccccc3F)C2=O)cc1. The normalized spacial score (nSPS) is 22.6. The van der Waals surface area contributed by atoms with E-state index in [1.54, 1.807) is 32.2 Å². The minimum atomic E-state index is -1.10. The van der Waals surface area contributed by atoms with Crippen LogP contribution < -0.4 is 10.1 Å². The van der Waals surface area contributed by atoms with Crippen molar-refractivity contribution in [3.63, 3.8) is 0 Å². The maximum Gasteiger partial charge on any atom is 0.325 e. The Morgan fingerprint density at radius 2 is 1.94 bits per heavy atom. The summed E-state index contributed by atoms with van der Waals surface area (Å²) in [7, 11) is 1.60. The maximum absolute atomic E-state index is 14.3. The van der Waals surface area contributed by atoms with E-state index in [1.807, 2.05) is 24.3 Å². The van der Waals surface area contributed by atoms with Crippen LogP contribution in [0.2, 0.25) is 0 Å². The van der Waals surface area contributed by atoms with E-state index >= 15 is 0 Å². The number of carbonyl (C=O) groups excluding carboxylic acids is 3. The van der Waals surface area contributed by atoms with Crippen LogP contribution in [0.25, 0.3) is 0 Å². The molecule has 0 saturated carbocycles. The van der Waals surface area contributed by atoms with Crippen molar-refractivity contribution in [1.29, 1.82) is 0 Å². The van der Waals surface area contributed by atoms with Crippen molar-refractivity contribution in [3.05, 3.63) is 65.5 Å². The molecule has 2 aromatic carbocycles. The topological polar surface area (TPSA) is 79.0 Å². The highest BCUT2D eigenvalue weighted by Gasteiger charge is 2.48. The molecule has 2 saturated heterocycles. The number of thioether (sulfide) groups is 1. The van der Waals surface area contributed by atoms with Gasteiger partial charge < -0.3 is 15.0 Å². The minimum Gasteiger partial charge on any atom is -0.497 e. The third-order valence-corrected chi connectivity index (χ3v) is 7.34. The second kappa shape index (κ2) is 9.43. The van der Waals surface area contributed by atoms with Crippen LogP contribution in [-0.4, -0.2) is 59.1 Å². The molecular formula is C24H26FN3O4S. The highest BCUT2D eigenvalue weighted by molar-refractivity contribution is 7.99. The van der Waals surface area contributed by atoms with Gasteiger partial charge in [-0.25, -0.2) is 9.18 Å². The van der Waals surface area contributed by atoms with Gasteiger partial charge in [0, 0.05) is 17.9 Å². The van der Waals surface area contributed by atoms with Gasteiger partial charge in [0.15, 0.2) is 0 Å². The fourth-order valence-electron chi connectivity index (χ4n) is 4.13. The predicted molar refractivity (Wildman–Crippen MR) is 123 cm³/mol. The summed E-state index contributed by atoms with van der Waals surface area (Å²) in [4.78, 5) is 41.2. The summed E-state index contributed by atoms with van der Waals surface area (Å²) in [6.45, 7) is 1.74. The zero-order chi connectivity index (χ0) is 23.6. The van der Waals surface area contributed by atoms with Crippen molar-refractivity contribution in [1.82, 2.24) is 15.1 Å². The molecule has 9 heteroatoms. The van der Waals surface area contributed by atoms with Crippen LogP contribution in [0.15, 0.2) is 48.5 Å². The Morgan fingerprint density at radius 1 is 1.21 bits per heavy atom. The molecule has 2 atom stereocenters. The van der Waals surface area contributed by atoms with Gasteiger partial charge in [0.25, 0.3) is 5.91 Å². The Labute approximate surface area is 196 Å². The summed E-state index contributed by atoms with van der Waals surface area (Å²) >= 11 is 1.47. The molecule has 0 unspecified atom stereocenters. The molecule has 2 fully saturated rings. The van der Waals surface area contributed by atoms with Crippen molar-refractivity contribution in [3.8, 4) is 5.75 Å². The Balaban J connectivity index is 1.41. The lowest BCUT2D eigenvalue weighted by Crippen LogP contribution is -2.46. The van der Waals surface area contributed by atoms with Crippen LogP contribution in [0.1, 0.15) is 29.8 Å². The van der Waals surface area contributed by atoms with Gasteiger partial charge in [-0.05, 0) is 43.5 Å². The molecule has 0 aromatic heterocycles. The molecule has 33 heavy (non-hydrogen) atoms. The number of carbonyl (C=O) groups is 3.